The van der Waals surface area contributed by atoms with Crippen LogP contribution in [0.5, 0.6) is 0 Å². The normalized spacial score (nSPS) is 15.3. The molecule has 0 unspecified atom stereocenters. The number of nitrogens with one attached hydrogen (secondary N) is 1. The molecule has 174 valence electrons. The molecule has 33 heavy (non-hydrogen) atoms. The number of rotatable bonds is 10. The van der Waals surface area contributed by atoms with Gasteiger partial charge in [0.1, 0.15) is 5.82 Å². The Bertz CT molecular complexity index is 1110. The van der Waals surface area contributed by atoms with Crippen LogP contribution in [0.25, 0.3) is 16.6 Å². The summed E-state index contributed by atoms with van der Waals surface area (Å²) < 4.78 is 0. The quantitative estimate of drug-likeness (QED) is 0.329. The largest absolute Gasteiger partial charge is 0.404 e. The Morgan fingerprint density at radius 3 is 2.85 bits per heavy atom. The maximum Gasteiger partial charge on any atom is 0.188 e. The van der Waals surface area contributed by atoms with Gasteiger partial charge in [0, 0.05) is 47.4 Å². The molecule has 0 aliphatic carbocycles. The predicted octanol–water partition coefficient (Wildman–Crippen LogP) is 4.88. The smallest absolute Gasteiger partial charge is 0.188 e. The molecule has 0 amide bonds. The zero-order valence-electron chi connectivity index (χ0n) is 19.5. The minimum Gasteiger partial charge on any atom is -0.404 e. The van der Waals surface area contributed by atoms with Crippen molar-refractivity contribution >= 4 is 45.1 Å². The lowest BCUT2D eigenvalue weighted by atomic mass is 10.1. The summed E-state index contributed by atoms with van der Waals surface area (Å²) >= 11 is 1.67. The minimum atomic E-state index is 0.611. The molecule has 3 aromatic heterocycles. The lowest BCUT2D eigenvalue weighted by Gasteiger charge is -2.12. The summed E-state index contributed by atoms with van der Waals surface area (Å²) in [7, 11) is 0. The summed E-state index contributed by atoms with van der Waals surface area (Å²) in [5.41, 5.74) is 9.30. The van der Waals surface area contributed by atoms with Gasteiger partial charge >= 0.3 is 0 Å². The molecule has 0 spiro atoms. The first kappa shape index (κ1) is 23.3. The van der Waals surface area contributed by atoms with Crippen LogP contribution in [0.3, 0.4) is 0 Å². The number of likely N-dealkylation sites (tertiary alicyclic amines) is 1. The first-order valence-electron chi connectivity index (χ1n) is 11.7. The maximum atomic E-state index is 5.90. The van der Waals surface area contributed by atoms with Gasteiger partial charge in [-0.3, -0.25) is 9.98 Å². The van der Waals surface area contributed by atoms with E-state index in [1.54, 1.807) is 17.5 Å². The third-order valence-corrected chi connectivity index (χ3v) is 6.57. The number of thiazole rings is 1. The van der Waals surface area contributed by atoms with Crippen molar-refractivity contribution in [2.75, 3.05) is 31.5 Å². The zero-order chi connectivity index (χ0) is 23.0. The highest BCUT2D eigenvalue weighted by atomic mass is 32.1. The Morgan fingerprint density at radius 2 is 2.06 bits per heavy atom. The van der Waals surface area contributed by atoms with Crippen LogP contribution < -0.4 is 11.1 Å². The molecule has 8 heteroatoms. The molecule has 0 aromatic carbocycles. The Morgan fingerprint density at radius 1 is 1.21 bits per heavy atom. The standard InChI is InChI=1S/C25H33N7S/c1-18(2)12-21-17-29-25(33-21)31-24-7-6-22-23(30-24)13-19(16-28-22)20(14-26)15-27-8-5-11-32-9-3-4-10-32/h6-7,13-18H,3-5,8-12,26H2,1-2H3,(H,29,30,31). The number of fused-ring (bicyclic) bond motifs is 1. The average molecular weight is 464 g/mol. The first-order chi connectivity index (χ1) is 16.1. The molecular formula is C25H33N7S. The van der Waals surface area contributed by atoms with E-state index in [0.29, 0.717) is 5.92 Å². The van der Waals surface area contributed by atoms with Gasteiger partial charge in [-0.05, 0) is 69.4 Å². The van der Waals surface area contributed by atoms with Crippen LogP contribution in [-0.4, -0.2) is 52.2 Å². The number of aliphatic imine (C=N–C) groups is 1. The van der Waals surface area contributed by atoms with E-state index in [1.165, 1.54) is 30.8 Å². The molecule has 4 rings (SSSR count). The molecule has 1 fully saturated rings. The van der Waals surface area contributed by atoms with Gasteiger partial charge in [-0.1, -0.05) is 13.8 Å². The molecule has 0 atom stereocenters. The number of pyridine rings is 2. The van der Waals surface area contributed by atoms with Crippen molar-refractivity contribution < 1.29 is 0 Å². The van der Waals surface area contributed by atoms with Crippen molar-refractivity contribution in [2.24, 2.45) is 16.6 Å². The topological polar surface area (TPSA) is 92.3 Å². The van der Waals surface area contributed by atoms with Crippen molar-refractivity contribution in [1.29, 1.82) is 0 Å². The molecule has 0 saturated carbocycles. The molecule has 1 saturated heterocycles. The van der Waals surface area contributed by atoms with Crippen molar-refractivity contribution in [1.82, 2.24) is 19.9 Å². The SMILES string of the molecule is CC(C)Cc1cnc(Nc2ccc3ncc(C(C=NCCCN4CCCC4)=CN)cc3n2)s1. The maximum absolute atomic E-state index is 5.90. The molecular weight excluding hydrogens is 430 g/mol. The van der Waals surface area contributed by atoms with E-state index in [2.05, 4.69) is 39.0 Å². The van der Waals surface area contributed by atoms with Gasteiger partial charge in [0.2, 0.25) is 0 Å². The lowest BCUT2D eigenvalue weighted by Crippen LogP contribution is -2.20. The molecule has 1 aliphatic rings. The Kier molecular flexibility index (Phi) is 8.01. The third-order valence-electron chi connectivity index (χ3n) is 5.64. The monoisotopic (exact) mass is 463 g/mol. The number of nitrogens with two attached hydrogens (primary N) is 1. The molecule has 0 bridgehead atoms. The van der Waals surface area contributed by atoms with Crippen LogP contribution >= 0.6 is 11.3 Å². The van der Waals surface area contributed by atoms with Crippen LogP contribution in [0.2, 0.25) is 0 Å². The second-order valence-electron chi connectivity index (χ2n) is 8.87. The molecule has 3 N–H and O–H groups in total. The molecule has 1 aliphatic heterocycles. The van der Waals surface area contributed by atoms with Crippen molar-refractivity contribution in [3.8, 4) is 0 Å². The van der Waals surface area contributed by atoms with E-state index in [9.17, 15) is 0 Å². The summed E-state index contributed by atoms with van der Waals surface area (Å²) in [6.07, 6.45) is 11.9. The number of allylic oxidation sites excluding steroid dienone is 1. The third kappa shape index (κ3) is 6.58. The van der Waals surface area contributed by atoms with Gasteiger partial charge in [0.15, 0.2) is 5.13 Å². The number of hydrogen-bond acceptors (Lipinski definition) is 8. The van der Waals surface area contributed by atoms with E-state index >= 15 is 0 Å². The fourth-order valence-electron chi connectivity index (χ4n) is 3.97. The zero-order valence-corrected chi connectivity index (χ0v) is 20.3. The number of hydrogen-bond donors (Lipinski definition) is 2. The van der Waals surface area contributed by atoms with Gasteiger partial charge in [-0.2, -0.15) is 0 Å². The summed E-state index contributed by atoms with van der Waals surface area (Å²) in [6, 6.07) is 5.91. The second kappa shape index (κ2) is 11.3. The Labute approximate surface area is 199 Å². The summed E-state index contributed by atoms with van der Waals surface area (Å²) in [4.78, 5) is 22.2. The lowest BCUT2D eigenvalue weighted by molar-refractivity contribution is 0.336. The highest BCUT2D eigenvalue weighted by Crippen LogP contribution is 2.25. The van der Waals surface area contributed by atoms with Crippen molar-refractivity contribution in [2.45, 2.75) is 39.5 Å². The minimum absolute atomic E-state index is 0.611. The van der Waals surface area contributed by atoms with Gasteiger partial charge in [0.25, 0.3) is 0 Å². The molecule has 7 nitrogen and oxygen atoms in total. The summed E-state index contributed by atoms with van der Waals surface area (Å²) in [5, 5.41) is 4.17. The Balaban J connectivity index is 1.41. The van der Waals surface area contributed by atoms with Crippen molar-refractivity contribution in [3.63, 3.8) is 0 Å². The van der Waals surface area contributed by atoms with E-state index in [1.807, 2.05) is 36.8 Å². The van der Waals surface area contributed by atoms with Crippen LogP contribution in [0.1, 0.15) is 43.6 Å². The van der Waals surface area contributed by atoms with E-state index in [-0.39, 0.29) is 0 Å². The van der Waals surface area contributed by atoms with Crippen LogP contribution in [-0.2, 0) is 6.42 Å². The van der Waals surface area contributed by atoms with Gasteiger partial charge in [-0.25, -0.2) is 9.97 Å². The fraction of sp³-hybridized carbons (Fsp3) is 0.440. The van der Waals surface area contributed by atoms with Crippen molar-refractivity contribution in [3.05, 3.63) is 47.2 Å². The van der Waals surface area contributed by atoms with Gasteiger partial charge in [-0.15, -0.1) is 11.3 Å². The number of nitrogens with zero attached hydrogens (tertiary/aromatic N) is 5. The summed E-state index contributed by atoms with van der Waals surface area (Å²) in [6.45, 7) is 8.80. The summed E-state index contributed by atoms with van der Waals surface area (Å²) in [5.74, 6) is 1.36. The number of aromatic nitrogens is 3. The molecule has 0 radical (unpaired) electrons. The second-order valence-corrected chi connectivity index (χ2v) is 9.99. The Hall–Kier alpha value is -2.84. The van der Waals surface area contributed by atoms with Gasteiger partial charge in [0.05, 0.1) is 11.0 Å². The molecule has 3 aromatic rings. The molecule has 4 heterocycles. The van der Waals surface area contributed by atoms with Crippen LogP contribution in [0.4, 0.5) is 10.9 Å². The van der Waals surface area contributed by atoms with Crippen LogP contribution in [0.15, 0.2) is 41.8 Å². The fourth-order valence-corrected chi connectivity index (χ4v) is 5.01. The number of anilines is 2. The predicted molar refractivity (Wildman–Crippen MR) is 139 cm³/mol. The van der Waals surface area contributed by atoms with E-state index in [4.69, 9.17) is 10.7 Å². The first-order valence-corrected chi connectivity index (χ1v) is 12.6. The highest BCUT2D eigenvalue weighted by Gasteiger charge is 2.10. The van der Waals surface area contributed by atoms with Crippen LogP contribution in [0, 0.1) is 5.92 Å². The average Bonchev–Trinajstić information content (AvgIpc) is 3.47. The van der Waals surface area contributed by atoms with Gasteiger partial charge < -0.3 is 16.0 Å². The van der Waals surface area contributed by atoms with E-state index < -0.39 is 0 Å². The highest BCUT2D eigenvalue weighted by molar-refractivity contribution is 7.15. The van der Waals surface area contributed by atoms with E-state index in [0.717, 1.165) is 59.1 Å².